The largest absolute Gasteiger partial charge is 0.296 e. The highest BCUT2D eigenvalue weighted by Gasteiger charge is 2.47. The van der Waals surface area contributed by atoms with Crippen molar-refractivity contribution in [2.75, 3.05) is 24.4 Å². The number of hydrogen-bond acceptors (Lipinski definition) is 2. The predicted octanol–water partition coefficient (Wildman–Crippen LogP) is 2.98. The zero-order chi connectivity index (χ0) is 14.7. The van der Waals surface area contributed by atoms with Gasteiger partial charge >= 0.3 is 0 Å². The number of anilines is 1. The van der Waals surface area contributed by atoms with Crippen molar-refractivity contribution < 1.29 is 0 Å². The van der Waals surface area contributed by atoms with Gasteiger partial charge in [0.1, 0.15) is 0 Å². The average Bonchev–Trinajstić information content (AvgIpc) is 2.92. The van der Waals surface area contributed by atoms with Gasteiger partial charge in [0.05, 0.1) is 16.5 Å². The van der Waals surface area contributed by atoms with Gasteiger partial charge in [0.15, 0.2) is 15.3 Å². The Labute approximate surface area is 145 Å². The molecule has 1 aromatic carbocycles. The maximum Gasteiger partial charge on any atom is 0.193 e. The summed E-state index contributed by atoms with van der Waals surface area (Å²) in [6.45, 7) is 1.98. The van der Waals surface area contributed by atoms with Gasteiger partial charge in [-0.1, -0.05) is 15.9 Å². The van der Waals surface area contributed by atoms with Gasteiger partial charge in [-0.25, -0.2) is 4.31 Å². The number of benzene rings is 1. The molecule has 8 heteroatoms. The maximum absolute atomic E-state index is 5.74. The van der Waals surface area contributed by atoms with E-state index in [4.69, 9.17) is 24.4 Å². The van der Waals surface area contributed by atoms with Crippen molar-refractivity contribution in [3.8, 4) is 0 Å². The summed E-state index contributed by atoms with van der Waals surface area (Å²) in [6, 6.07) is 8.30. The summed E-state index contributed by atoms with van der Waals surface area (Å²) in [5.41, 5.74) is 1.12. The van der Waals surface area contributed by atoms with Gasteiger partial charge < -0.3 is 0 Å². The number of rotatable bonds is 1. The lowest BCUT2D eigenvalue weighted by molar-refractivity contribution is 0.414. The van der Waals surface area contributed by atoms with Crippen LogP contribution in [0.2, 0.25) is 0 Å². The van der Waals surface area contributed by atoms with Gasteiger partial charge in [0, 0.05) is 24.6 Å². The van der Waals surface area contributed by atoms with Crippen LogP contribution in [0.3, 0.4) is 0 Å². The fraction of sp³-hybridized carbons (Fsp3) is 0.308. The third kappa shape index (κ3) is 1.89. The van der Waals surface area contributed by atoms with Gasteiger partial charge in [-0.05, 0) is 55.1 Å². The van der Waals surface area contributed by atoms with Crippen molar-refractivity contribution in [1.29, 1.82) is 0 Å². The van der Waals surface area contributed by atoms with Crippen LogP contribution in [-0.2, 0) is 0 Å². The number of hydrogen-bond donors (Lipinski definition) is 0. The lowest BCUT2D eigenvalue weighted by Crippen LogP contribution is -2.52. The van der Waals surface area contributed by atoms with Crippen LogP contribution >= 0.6 is 51.2 Å². The van der Waals surface area contributed by atoms with Crippen LogP contribution in [0.4, 0.5) is 5.69 Å². The van der Waals surface area contributed by atoms with E-state index in [0.717, 1.165) is 39.9 Å². The molecule has 21 heavy (non-hydrogen) atoms. The molecule has 3 aliphatic rings. The van der Waals surface area contributed by atoms with Crippen molar-refractivity contribution in [3.05, 3.63) is 28.7 Å². The van der Waals surface area contributed by atoms with Crippen LogP contribution in [0.25, 0.3) is 0 Å². The van der Waals surface area contributed by atoms with E-state index >= 15 is 0 Å². The first-order valence-corrected chi connectivity index (χ1v) is 9.38. The Morgan fingerprint density at radius 2 is 1.67 bits per heavy atom. The van der Waals surface area contributed by atoms with E-state index in [1.807, 2.05) is 0 Å². The van der Waals surface area contributed by atoms with Crippen LogP contribution in [0, 0.1) is 0 Å². The van der Waals surface area contributed by atoms with Crippen LogP contribution in [-0.4, -0.2) is 49.6 Å². The van der Waals surface area contributed by atoms with Crippen molar-refractivity contribution in [1.82, 2.24) is 14.1 Å². The second-order valence-corrected chi connectivity index (χ2v) is 8.49. The minimum absolute atomic E-state index is 0.240. The van der Waals surface area contributed by atoms with E-state index in [2.05, 4.69) is 65.7 Å². The molecule has 3 heterocycles. The van der Waals surface area contributed by atoms with Crippen molar-refractivity contribution >= 4 is 72.2 Å². The number of halogens is 1. The standard InChI is InChI=1S/C13H13BrN4S3/c1-15-11(19)16-7-2-8-17-12(20)18(21(15)13(16)17)10-5-3-9(14)4-6-10/h3-6H,2,7-8H2,1H3. The smallest absolute Gasteiger partial charge is 0.193 e. The number of nitrogens with zero attached hydrogens (tertiary/aromatic N) is 4. The molecule has 1 saturated heterocycles. The van der Waals surface area contributed by atoms with E-state index < -0.39 is 0 Å². The summed E-state index contributed by atoms with van der Waals surface area (Å²) < 4.78 is 5.47. The van der Waals surface area contributed by atoms with Gasteiger partial charge in [0.2, 0.25) is 0 Å². The molecule has 0 bridgehead atoms. The minimum Gasteiger partial charge on any atom is -0.296 e. The molecule has 3 aliphatic heterocycles. The first-order chi connectivity index (χ1) is 10.1. The fourth-order valence-corrected chi connectivity index (χ4v) is 6.30. The van der Waals surface area contributed by atoms with Crippen LogP contribution in [0.1, 0.15) is 6.42 Å². The van der Waals surface area contributed by atoms with Gasteiger partial charge in [0.25, 0.3) is 0 Å². The summed E-state index contributed by atoms with van der Waals surface area (Å²) >= 11 is 14.8. The van der Waals surface area contributed by atoms with Gasteiger partial charge in [-0.2, -0.15) is 0 Å². The van der Waals surface area contributed by atoms with E-state index in [1.54, 1.807) is 0 Å². The summed E-state index contributed by atoms with van der Waals surface area (Å²) in [5, 5.41) is 3.04. The topological polar surface area (TPSA) is 13.0 Å². The quantitative estimate of drug-likeness (QED) is 0.667. The molecule has 0 saturated carbocycles. The van der Waals surface area contributed by atoms with Gasteiger partial charge in [-0.15, -0.1) is 0 Å². The predicted molar refractivity (Wildman–Crippen MR) is 100 cm³/mol. The molecule has 4 nitrogen and oxygen atoms in total. The molecular formula is C13H13BrN4S3. The van der Waals surface area contributed by atoms with Crippen molar-refractivity contribution in [2.24, 2.45) is 0 Å². The molecule has 110 valence electrons. The third-order valence-electron chi connectivity index (χ3n) is 3.79. The SMILES string of the molecule is CN1C(=S)N2CCCN3C(=S)N(c4ccc(Br)cc4)S1=C23. The first kappa shape index (κ1) is 13.9. The molecule has 0 aliphatic carbocycles. The molecule has 1 unspecified atom stereocenters. The maximum atomic E-state index is 5.74. The van der Waals surface area contributed by atoms with E-state index in [1.165, 1.54) is 5.11 Å². The van der Waals surface area contributed by atoms with Crippen LogP contribution < -0.4 is 4.31 Å². The summed E-state index contributed by atoms with van der Waals surface area (Å²) in [7, 11) is 1.82. The van der Waals surface area contributed by atoms with E-state index in [0.29, 0.717) is 0 Å². The second-order valence-electron chi connectivity index (χ2n) is 5.04. The molecule has 4 rings (SSSR count). The highest BCUT2D eigenvalue weighted by Crippen LogP contribution is 2.45. The molecule has 0 spiro atoms. The molecule has 1 fully saturated rings. The fourth-order valence-electron chi connectivity index (χ4n) is 2.82. The Morgan fingerprint density at radius 1 is 1.05 bits per heavy atom. The Morgan fingerprint density at radius 3 is 2.33 bits per heavy atom. The van der Waals surface area contributed by atoms with Crippen LogP contribution in [0.5, 0.6) is 0 Å². The molecule has 0 radical (unpaired) electrons. The number of thiocarbonyl (C=S) groups is 2. The highest BCUT2D eigenvalue weighted by molar-refractivity contribution is 9.10. The van der Waals surface area contributed by atoms with E-state index in [-0.39, 0.29) is 10.9 Å². The molecule has 0 aromatic heterocycles. The normalized spacial score (nSPS) is 24.3. The summed E-state index contributed by atoms with van der Waals surface area (Å²) in [4.78, 5) is 4.49. The lowest BCUT2D eigenvalue weighted by atomic mass is 10.3. The van der Waals surface area contributed by atoms with E-state index in [9.17, 15) is 0 Å². The average molecular weight is 401 g/mol. The summed E-state index contributed by atoms with van der Waals surface area (Å²) in [5.74, 6) is 0. The monoisotopic (exact) mass is 400 g/mol. The molecule has 0 N–H and O–H groups in total. The summed E-state index contributed by atoms with van der Waals surface area (Å²) in [6.07, 6.45) is 1.09. The zero-order valence-corrected chi connectivity index (χ0v) is 15.4. The van der Waals surface area contributed by atoms with Crippen molar-refractivity contribution in [3.63, 3.8) is 0 Å². The molecular weight excluding hydrogens is 388 g/mol. The molecule has 1 atom stereocenters. The third-order valence-corrected chi connectivity index (χ3v) is 7.63. The Balaban J connectivity index is 1.85. The first-order valence-electron chi connectivity index (χ1n) is 6.63. The second kappa shape index (κ2) is 4.91. The van der Waals surface area contributed by atoms with Crippen molar-refractivity contribution in [2.45, 2.75) is 6.42 Å². The molecule has 1 aromatic rings. The van der Waals surface area contributed by atoms with Gasteiger partial charge in [-0.3, -0.25) is 14.1 Å². The minimum atomic E-state index is -0.240. The lowest BCUT2D eigenvalue weighted by Gasteiger charge is -2.36. The van der Waals surface area contributed by atoms with Crippen LogP contribution in [0.15, 0.2) is 28.7 Å². The molecule has 0 amide bonds. The highest BCUT2D eigenvalue weighted by atomic mass is 79.9. The Bertz CT molecular complexity index is 687. The Kier molecular flexibility index (Phi) is 3.25. The Hall–Kier alpha value is -0.700. The zero-order valence-electron chi connectivity index (χ0n) is 11.3.